The Bertz CT molecular complexity index is 590. The van der Waals surface area contributed by atoms with Crippen LogP contribution in [0.1, 0.15) is 36.5 Å². The van der Waals surface area contributed by atoms with Crippen molar-refractivity contribution in [3.63, 3.8) is 0 Å². The van der Waals surface area contributed by atoms with E-state index in [9.17, 15) is 5.11 Å². The Kier molecular flexibility index (Phi) is 4.11. The smallest absolute Gasteiger partial charge is 0.122 e. The molecule has 0 saturated carbocycles. The van der Waals surface area contributed by atoms with E-state index in [1.165, 1.54) is 5.56 Å². The standard InChI is InChI=1S/C18H20O3/c1-13(19)14-6-8-16(9-7-14)21-12-15-10-11-20-18-5-3-2-4-17(15)18/h2-9,13,15,19H,10-12H2,1H3. The molecule has 1 heterocycles. The SMILES string of the molecule is CC(O)c1ccc(OCC2CCOc3ccccc32)cc1. The van der Waals surface area contributed by atoms with Crippen molar-refractivity contribution in [2.75, 3.05) is 13.2 Å². The van der Waals surface area contributed by atoms with Crippen LogP contribution >= 0.6 is 0 Å². The highest BCUT2D eigenvalue weighted by atomic mass is 16.5. The minimum atomic E-state index is -0.443. The van der Waals surface area contributed by atoms with Crippen LogP contribution in [-0.4, -0.2) is 18.3 Å². The van der Waals surface area contributed by atoms with Crippen LogP contribution in [0.5, 0.6) is 11.5 Å². The maximum atomic E-state index is 9.50. The fourth-order valence-corrected chi connectivity index (χ4v) is 2.63. The lowest BCUT2D eigenvalue weighted by molar-refractivity contribution is 0.198. The molecule has 1 N–H and O–H groups in total. The molecule has 2 unspecified atom stereocenters. The highest BCUT2D eigenvalue weighted by molar-refractivity contribution is 5.38. The number of hydrogen-bond donors (Lipinski definition) is 1. The quantitative estimate of drug-likeness (QED) is 0.930. The van der Waals surface area contributed by atoms with Gasteiger partial charge >= 0.3 is 0 Å². The first kappa shape index (κ1) is 14.0. The van der Waals surface area contributed by atoms with Crippen LogP contribution < -0.4 is 9.47 Å². The lowest BCUT2D eigenvalue weighted by Crippen LogP contribution is -2.19. The van der Waals surface area contributed by atoms with Gasteiger partial charge in [-0.05, 0) is 37.1 Å². The molecule has 2 atom stereocenters. The molecule has 0 fully saturated rings. The number of hydrogen-bond acceptors (Lipinski definition) is 3. The van der Waals surface area contributed by atoms with Gasteiger partial charge in [-0.3, -0.25) is 0 Å². The average Bonchev–Trinajstić information content (AvgIpc) is 2.53. The van der Waals surface area contributed by atoms with Crippen molar-refractivity contribution in [1.29, 1.82) is 0 Å². The third kappa shape index (κ3) is 3.19. The van der Waals surface area contributed by atoms with Crippen molar-refractivity contribution in [1.82, 2.24) is 0 Å². The summed E-state index contributed by atoms with van der Waals surface area (Å²) in [6.45, 7) is 3.15. The zero-order valence-corrected chi connectivity index (χ0v) is 12.2. The number of benzene rings is 2. The van der Waals surface area contributed by atoms with Crippen LogP contribution in [-0.2, 0) is 0 Å². The predicted molar refractivity (Wildman–Crippen MR) is 81.9 cm³/mol. The second kappa shape index (κ2) is 6.19. The summed E-state index contributed by atoms with van der Waals surface area (Å²) in [5, 5.41) is 9.50. The fourth-order valence-electron chi connectivity index (χ4n) is 2.63. The number of ether oxygens (including phenoxy) is 2. The minimum Gasteiger partial charge on any atom is -0.493 e. The van der Waals surface area contributed by atoms with Gasteiger partial charge < -0.3 is 14.6 Å². The van der Waals surface area contributed by atoms with Crippen LogP contribution in [0, 0.1) is 0 Å². The molecule has 0 radical (unpaired) electrons. The van der Waals surface area contributed by atoms with Gasteiger partial charge in [0.15, 0.2) is 0 Å². The van der Waals surface area contributed by atoms with E-state index in [1.54, 1.807) is 6.92 Å². The van der Waals surface area contributed by atoms with E-state index in [0.717, 1.165) is 30.1 Å². The van der Waals surface area contributed by atoms with Crippen molar-refractivity contribution >= 4 is 0 Å². The first-order valence-corrected chi connectivity index (χ1v) is 7.36. The maximum Gasteiger partial charge on any atom is 0.122 e. The fraction of sp³-hybridized carbons (Fsp3) is 0.333. The van der Waals surface area contributed by atoms with Gasteiger partial charge in [-0.2, -0.15) is 0 Å². The highest BCUT2D eigenvalue weighted by Crippen LogP contribution is 2.33. The Labute approximate surface area is 125 Å². The summed E-state index contributed by atoms with van der Waals surface area (Å²) < 4.78 is 11.6. The zero-order chi connectivity index (χ0) is 14.7. The molecule has 110 valence electrons. The van der Waals surface area contributed by atoms with E-state index < -0.39 is 6.10 Å². The molecule has 1 aliphatic heterocycles. The van der Waals surface area contributed by atoms with Crippen LogP contribution in [0.4, 0.5) is 0 Å². The predicted octanol–water partition coefficient (Wildman–Crippen LogP) is 3.69. The van der Waals surface area contributed by atoms with E-state index in [4.69, 9.17) is 9.47 Å². The van der Waals surface area contributed by atoms with E-state index >= 15 is 0 Å². The first-order chi connectivity index (χ1) is 10.2. The first-order valence-electron chi connectivity index (χ1n) is 7.36. The third-order valence-corrected chi connectivity index (χ3v) is 3.90. The van der Waals surface area contributed by atoms with Gasteiger partial charge in [0, 0.05) is 11.5 Å². The number of fused-ring (bicyclic) bond motifs is 1. The molecule has 1 aliphatic rings. The largest absolute Gasteiger partial charge is 0.493 e. The average molecular weight is 284 g/mol. The van der Waals surface area contributed by atoms with Crippen molar-refractivity contribution in [3.8, 4) is 11.5 Å². The Morgan fingerprint density at radius 1 is 1.19 bits per heavy atom. The van der Waals surface area contributed by atoms with Crippen LogP contribution in [0.25, 0.3) is 0 Å². The Hall–Kier alpha value is -2.00. The molecule has 21 heavy (non-hydrogen) atoms. The summed E-state index contributed by atoms with van der Waals surface area (Å²) in [6.07, 6.45) is 0.532. The van der Waals surface area contributed by atoms with Gasteiger partial charge in [0.05, 0.1) is 19.3 Å². The zero-order valence-electron chi connectivity index (χ0n) is 12.2. The molecule has 2 aromatic rings. The van der Waals surface area contributed by atoms with E-state index in [0.29, 0.717) is 12.5 Å². The number of rotatable bonds is 4. The number of aliphatic hydroxyl groups excluding tert-OH is 1. The molecule has 3 heteroatoms. The van der Waals surface area contributed by atoms with Crippen molar-refractivity contribution in [3.05, 3.63) is 59.7 Å². The second-order valence-electron chi connectivity index (χ2n) is 5.43. The molecule has 0 saturated heterocycles. The topological polar surface area (TPSA) is 38.7 Å². The summed E-state index contributed by atoms with van der Waals surface area (Å²) in [5.74, 6) is 2.18. The third-order valence-electron chi connectivity index (χ3n) is 3.90. The van der Waals surface area contributed by atoms with Gasteiger partial charge in [0.25, 0.3) is 0 Å². The van der Waals surface area contributed by atoms with Gasteiger partial charge in [0.1, 0.15) is 11.5 Å². The molecule has 0 aromatic heterocycles. The molecule has 0 aliphatic carbocycles. The Morgan fingerprint density at radius 2 is 1.95 bits per heavy atom. The lowest BCUT2D eigenvalue weighted by atomic mass is 9.94. The molecule has 3 rings (SSSR count). The molecule has 3 nitrogen and oxygen atoms in total. The minimum absolute atomic E-state index is 0.367. The summed E-state index contributed by atoms with van der Waals surface area (Å²) in [5.41, 5.74) is 2.13. The van der Waals surface area contributed by atoms with E-state index in [-0.39, 0.29) is 0 Å². The lowest BCUT2D eigenvalue weighted by Gasteiger charge is -2.25. The summed E-state index contributed by atoms with van der Waals surface area (Å²) in [7, 11) is 0. The van der Waals surface area contributed by atoms with Gasteiger partial charge in [-0.25, -0.2) is 0 Å². The Morgan fingerprint density at radius 3 is 2.71 bits per heavy atom. The van der Waals surface area contributed by atoms with Gasteiger partial charge in [-0.1, -0.05) is 30.3 Å². The van der Waals surface area contributed by atoms with E-state index in [2.05, 4.69) is 6.07 Å². The van der Waals surface area contributed by atoms with Gasteiger partial charge in [-0.15, -0.1) is 0 Å². The summed E-state index contributed by atoms with van der Waals surface area (Å²) in [6, 6.07) is 15.8. The van der Waals surface area contributed by atoms with Gasteiger partial charge in [0.2, 0.25) is 0 Å². The molecule has 0 amide bonds. The van der Waals surface area contributed by atoms with E-state index in [1.807, 2.05) is 42.5 Å². The molecule has 0 spiro atoms. The van der Waals surface area contributed by atoms with Crippen molar-refractivity contribution in [2.45, 2.75) is 25.4 Å². The molecule has 0 bridgehead atoms. The van der Waals surface area contributed by atoms with Crippen LogP contribution in [0.2, 0.25) is 0 Å². The molecular formula is C18H20O3. The molecule has 2 aromatic carbocycles. The summed E-state index contributed by atoms with van der Waals surface area (Å²) >= 11 is 0. The number of para-hydroxylation sites is 1. The molecular weight excluding hydrogens is 264 g/mol. The normalized spacial score (nSPS) is 18.5. The number of aliphatic hydroxyl groups is 1. The monoisotopic (exact) mass is 284 g/mol. The van der Waals surface area contributed by atoms with Crippen molar-refractivity contribution in [2.24, 2.45) is 0 Å². The Balaban J connectivity index is 1.66. The second-order valence-corrected chi connectivity index (χ2v) is 5.43. The van der Waals surface area contributed by atoms with Crippen LogP contribution in [0.3, 0.4) is 0 Å². The maximum absolute atomic E-state index is 9.50. The van der Waals surface area contributed by atoms with Crippen molar-refractivity contribution < 1.29 is 14.6 Å². The summed E-state index contributed by atoms with van der Waals surface area (Å²) in [4.78, 5) is 0. The highest BCUT2D eigenvalue weighted by Gasteiger charge is 2.21. The van der Waals surface area contributed by atoms with Crippen LogP contribution in [0.15, 0.2) is 48.5 Å².